The number of aliphatic carboxylic acids is 1. The molecule has 4 N–H and O–H groups in total. The second-order valence-corrected chi connectivity index (χ2v) is 17.4. The summed E-state index contributed by atoms with van der Waals surface area (Å²) in [7, 11) is -4.74. The molecule has 3 unspecified atom stereocenters. The lowest BCUT2D eigenvalue weighted by molar-refractivity contribution is -0.161. The van der Waals surface area contributed by atoms with Crippen molar-refractivity contribution in [2.45, 2.75) is 205 Å². The van der Waals surface area contributed by atoms with E-state index in [2.05, 4.69) is 73.1 Å². The third-order valence-corrected chi connectivity index (χ3v) is 11.1. The number of nitrogens with two attached hydrogens (primary N) is 1. The van der Waals surface area contributed by atoms with Gasteiger partial charge in [0.25, 0.3) is 0 Å². The van der Waals surface area contributed by atoms with Crippen molar-refractivity contribution in [3.8, 4) is 0 Å². The van der Waals surface area contributed by atoms with E-state index in [1.807, 2.05) is 6.08 Å². The van der Waals surface area contributed by atoms with E-state index in [1.54, 1.807) is 0 Å². The molecule has 0 aromatic rings. The fraction of sp³-hybridized carbons (Fsp3) is 0.729. The minimum absolute atomic E-state index is 0.137. The molecule has 1 saturated heterocycles. The van der Waals surface area contributed by atoms with Gasteiger partial charge < -0.3 is 29.9 Å². The summed E-state index contributed by atoms with van der Waals surface area (Å²) in [6.45, 7) is 2.68. The van der Waals surface area contributed by atoms with Gasteiger partial charge in [0, 0.05) is 12.8 Å². The molecule has 0 bridgehead atoms. The molecule has 1 aliphatic heterocycles. The summed E-state index contributed by atoms with van der Waals surface area (Å²) >= 11 is 0. The fourth-order valence-electron chi connectivity index (χ4n) is 6.30. The van der Waals surface area contributed by atoms with Crippen LogP contribution in [0, 0.1) is 0 Å². The van der Waals surface area contributed by atoms with E-state index < -0.39 is 51.1 Å². The zero-order chi connectivity index (χ0) is 44.7. The summed E-state index contributed by atoms with van der Waals surface area (Å²) in [4.78, 5) is 46.1. The predicted octanol–water partition coefficient (Wildman–Crippen LogP) is 11.7. The SMILES string of the molecule is CCCCC/C=C\C/C=C\CCCCCCCCCCCC(=O)O[C@H](COC(=O)CCC/C=C\C/C=C\CC1OC1C/C=C\CCCCC)COP(=O)(O)OC[C@H](N)C(=O)O. The van der Waals surface area contributed by atoms with Gasteiger partial charge in [-0.3, -0.25) is 23.4 Å². The lowest BCUT2D eigenvalue weighted by Gasteiger charge is -2.20. The number of unbranched alkanes of at least 4 members (excludes halogenated alkanes) is 16. The summed E-state index contributed by atoms with van der Waals surface area (Å²) < 4.78 is 38.5. The first kappa shape index (κ1) is 56.2. The summed E-state index contributed by atoms with van der Waals surface area (Å²) in [6, 6.07) is -1.53. The highest BCUT2D eigenvalue weighted by Gasteiger charge is 2.36. The Morgan fingerprint density at radius 2 is 1.03 bits per heavy atom. The molecule has 0 aromatic carbocycles. The van der Waals surface area contributed by atoms with Gasteiger partial charge in [-0.15, -0.1) is 0 Å². The smallest absolute Gasteiger partial charge is 0.472 e. The molecule has 5 atom stereocenters. The number of rotatable bonds is 42. The predicted molar refractivity (Wildman–Crippen MR) is 244 cm³/mol. The van der Waals surface area contributed by atoms with Crippen LogP contribution in [0.25, 0.3) is 0 Å². The summed E-state index contributed by atoms with van der Waals surface area (Å²) in [6.07, 6.45) is 47.4. The van der Waals surface area contributed by atoms with Gasteiger partial charge in [0.05, 0.1) is 25.4 Å². The molecule has 0 saturated carbocycles. The molecular formula is C48H82NO11P. The molecule has 1 rings (SSSR count). The third kappa shape index (κ3) is 36.3. The Morgan fingerprint density at radius 3 is 1.59 bits per heavy atom. The number of carbonyl (C=O) groups is 3. The van der Waals surface area contributed by atoms with Gasteiger partial charge in [-0.2, -0.15) is 0 Å². The van der Waals surface area contributed by atoms with Gasteiger partial charge in [-0.1, -0.05) is 145 Å². The number of phosphoric acid groups is 1. The molecule has 12 nitrogen and oxygen atoms in total. The van der Waals surface area contributed by atoms with Crippen molar-refractivity contribution < 1.29 is 52.2 Å². The Labute approximate surface area is 368 Å². The number of hydrogen-bond acceptors (Lipinski definition) is 10. The van der Waals surface area contributed by atoms with Gasteiger partial charge in [0.2, 0.25) is 0 Å². The number of esters is 2. The number of ether oxygens (including phenoxy) is 3. The van der Waals surface area contributed by atoms with Crippen molar-refractivity contribution in [3.05, 3.63) is 60.8 Å². The average molecular weight is 880 g/mol. The van der Waals surface area contributed by atoms with E-state index in [0.717, 1.165) is 64.2 Å². The van der Waals surface area contributed by atoms with E-state index in [-0.39, 0.29) is 19.4 Å². The lowest BCUT2D eigenvalue weighted by Crippen LogP contribution is -2.34. The summed E-state index contributed by atoms with van der Waals surface area (Å²) in [5, 5.41) is 8.91. The van der Waals surface area contributed by atoms with Gasteiger partial charge in [-0.05, 0) is 83.5 Å². The Bertz CT molecular complexity index is 1330. The molecular weight excluding hydrogens is 797 g/mol. The van der Waals surface area contributed by atoms with Gasteiger partial charge in [0.15, 0.2) is 6.10 Å². The average Bonchev–Trinajstić information content (AvgIpc) is 3.99. The maximum absolute atomic E-state index is 12.7. The lowest BCUT2D eigenvalue weighted by atomic mass is 10.1. The second kappa shape index (κ2) is 38.8. The Balaban J connectivity index is 2.29. The first-order valence-corrected chi connectivity index (χ1v) is 24.9. The third-order valence-electron chi connectivity index (χ3n) is 10.1. The van der Waals surface area contributed by atoms with Gasteiger partial charge in [-0.25, -0.2) is 4.57 Å². The molecule has 61 heavy (non-hydrogen) atoms. The van der Waals surface area contributed by atoms with Crippen LogP contribution in [0.2, 0.25) is 0 Å². The number of hydrogen-bond donors (Lipinski definition) is 3. The van der Waals surface area contributed by atoms with Crippen molar-refractivity contribution in [2.75, 3.05) is 19.8 Å². The summed E-state index contributed by atoms with van der Waals surface area (Å²) in [5.74, 6) is -2.47. The molecule has 1 heterocycles. The van der Waals surface area contributed by atoms with Crippen LogP contribution >= 0.6 is 7.82 Å². The number of carboxylic acids is 1. The van der Waals surface area contributed by atoms with Crippen molar-refractivity contribution in [1.82, 2.24) is 0 Å². The molecule has 0 radical (unpaired) electrons. The number of allylic oxidation sites excluding steroid dienone is 8. The topological polar surface area (TPSA) is 184 Å². The molecule has 0 aromatic heterocycles. The largest absolute Gasteiger partial charge is 0.480 e. The first-order chi connectivity index (χ1) is 29.6. The minimum atomic E-state index is -4.74. The van der Waals surface area contributed by atoms with E-state index >= 15 is 0 Å². The Morgan fingerprint density at radius 1 is 0.590 bits per heavy atom. The van der Waals surface area contributed by atoms with Crippen molar-refractivity contribution in [2.24, 2.45) is 5.73 Å². The first-order valence-electron chi connectivity index (χ1n) is 23.4. The normalized spacial score (nSPS) is 17.5. The molecule has 0 amide bonds. The molecule has 1 fully saturated rings. The zero-order valence-electron chi connectivity index (χ0n) is 37.7. The van der Waals surface area contributed by atoms with Crippen LogP contribution in [0.3, 0.4) is 0 Å². The molecule has 0 spiro atoms. The van der Waals surface area contributed by atoms with Crippen LogP contribution in [0.5, 0.6) is 0 Å². The number of carbonyl (C=O) groups excluding carboxylic acids is 2. The quantitative estimate of drug-likeness (QED) is 0.0174. The van der Waals surface area contributed by atoms with Crippen LogP contribution < -0.4 is 5.73 Å². The van der Waals surface area contributed by atoms with Crippen molar-refractivity contribution in [3.63, 3.8) is 0 Å². The maximum atomic E-state index is 12.7. The monoisotopic (exact) mass is 880 g/mol. The molecule has 350 valence electrons. The minimum Gasteiger partial charge on any atom is -0.480 e. The van der Waals surface area contributed by atoms with Gasteiger partial charge in [0.1, 0.15) is 12.6 Å². The molecule has 1 aliphatic rings. The number of carboxylic acid groups (broad SMARTS) is 1. The second-order valence-electron chi connectivity index (χ2n) is 15.9. The van der Waals surface area contributed by atoms with Gasteiger partial charge >= 0.3 is 25.7 Å². The molecule has 13 heteroatoms. The number of epoxide rings is 1. The van der Waals surface area contributed by atoms with Crippen molar-refractivity contribution in [1.29, 1.82) is 0 Å². The van der Waals surface area contributed by atoms with E-state index in [4.69, 9.17) is 29.6 Å². The highest BCUT2D eigenvalue weighted by Crippen LogP contribution is 2.43. The van der Waals surface area contributed by atoms with Crippen LogP contribution in [-0.4, -0.2) is 72.1 Å². The number of phosphoric ester groups is 1. The van der Waals surface area contributed by atoms with E-state index in [1.165, 1.54) is 70.6 Å². The van der Waals surface area contributed by atoms with Crippen LogP contribution in [0.1, 0.15) is 181 Å². The fourth-order valence-corrected chi connectivity index (χ4v) is 7.08. The van der Waals surface area contributed by atoms with Crippen LogP contribution in [0.4, 0.5) is 0 Å². The zero-order valence-corrected chi connectivity index (χ0v) is 38.6. The highest BCUT2D eigenvalue weighted by atomic mass is 31.2. The summed E-state index contributed by atoms with van der Waals surface area (Å²) in [5.41, 5.74) is 5.34. The maximum Gasteiger partial charge on any atom is 0.472 e. The Hall–Kier alpha value is -2.86. The van der Waals surface area contributed by atoms with Crippen LogP contribution in [-0.2, 0) is 42.2 Å². The molecule has 0 aliphatic carbocycles. The van der Waals surface area contributed by atoms with Crippen LogP contribution in [0.15, 0.2) is 60.8 Å². The standard InChI is InChI=1S/C48H82NO11P/c1-3-5-7-9-11-12-13-14-15-16-17-18-19-20-21-22-25-30-34-38-47(51)59-42(40-57-61(54,55)58-41-43(49)48(52)53)39-56-46(50)37-33-29-26-23-24-28-32-36-45-44(60-45)35-31-27-10-8-6-4-2/h11-12,14-15,23,26-28,31-32,42-45H,3-10,13,16-22,24-25,29-30,33-41,49H2,1-2H3,(H,52,53)(H,54,55)/b12-11-,15-14-,26-23-,31-27-,32-28-/t42-,43+,44?,45?/m1/s1. The van der Waals surface area contributed by atoms with E-state index in [0.29, 0.717) is 31.5 Å². The van der Waals surface area contributed by atoms with Crippen molar-refractivity contribution >= 4 is 25.7 Å². The Kier molecular flexibility index (Phi) is 35.7. The van der Waals surface area contributed by atoms with E-state index in [9.17, 15) is 23.8 Å². The highest BCUT2D eigenvalue weighted by molar-refractivity contribution is 7.47.